The monoisotopic (exact) mass is 408 g/mol. The van der Waals surface area contributed by atoms with Gasteiger partial charge in [-0.1, -0.05) is 0 Å². The number of hydrogen-bond acceptors (Lipinski definition) is 7. The molecule has 0 unspecified atom stereocenters. The van der Waals surface area contributed by atoms with Gasteiger partial charge in [-0.25, -0.2) is 4.39 Å². The number of nitriles is 1. The normalized spacial score (nSPS) is 13.8. The zero-order chi connectivity index (χ0) is 20.9. The Hall–Kier alpha value is -3.73. The van der Waals surface area contributed by atoms with E-state index < -0.39 is 0 Å². The summed E-state index contributed by atoms with van der Waals surface area (Å²) >= 11 is 0. The van der Waals surface area contributed by atoms with Crippen LogP contribution < -0.4 is 19.3 Å². The van der Waals surface area contributed by atoms with Crippen LogP contribution in [-0.2, 0) is 6.61 Å². The van der Waals surface area contributed by atoms with Crippen molar-refractivity contribution in [2.24, 2.45) is 0 Å². The number of ether oxygens (including phenoxy) is 2. The zero-order valence-corrected chi connectivity index (χ0v) is 16.5. The fourth-order valence-corrected chi connectivity index (χ4v) is 3.34. The van der Waals surface area contributed by atoms with Crippen LogP contribution in [0.1, 0.15) is 11.6 Å². The van der Waals surface area contributed by atoms with Gasteiger partial charge in [0.2, 0.25) is 17.5 Å². The molecule has 154 valence electrons. The second-order valence-electron chi connectivity index (χ2n) is 6.79. The zero-order valence-electron chi connectivity index (χ0n) is 16.5. The smallest absolute Gasteiger partial charge is 0.236 e. The standard InChI is InChI=1S/C22H21FN4O3/c1-28-18-8-4-17(5-9-18)26-10-12-27(13-11-26)22-20(14-24)25-21(30-22)15-29-19-6-2-16(23)3-7-19/h2-9H,10-13,15H2,1H3. The van der Waals surface area contributed by atoms with Crippen molar-refractivity contribution in [2.75, 3.05) is 43.1 Å². The molecule has 1 fully saturated rings. The van der Waals surface area contributed by atoms with Crippen molar-refractivity contribution in [2.45, 2.75) is 6.61 Å². The summed E-state index contributed by atoms with van der Waals surface area (Å²) in [7, 11) is 1.65. The molecule has 30 heavy (non-hydrogen) atoms. The molecule has 7 nitrogen and oxygen atoms in total. The van der Waals surface area contributed by atoms with Crippen molar-refractivity contribution in [3.8, 4) is 17.6 Å². The summed E-state index contributed by atoms with van der Waals surface area (Å²) in [6, 6.07) is 15.8. The molecule has 1 aromatic heterocycles. The third kappa shape index (κ3) is 4.30. The number of piperazine rings is 1. The second kappa shape index (κ2) is 8.74. The molecule has 0 bridgehead atoms. The Bertz CT molecular complexity index is 1020. The van der Waals surface area contributed by atoms with Gasteiger partial charge in [-0.3, -0.25) is 0 Å². The summed E-state index contributed by atoms with van der Waals surface area (Å²) in [6.07, 6.45) is 0. The van der Waals surface area contributed by atoms with Crippen LogP contribution in [0, 0.1) is 17.1 Å². The lowest BCUT2D eigenvalue weighted by Crippen LogP contribution is -2.46. The molecule has 3 aromatic rings. The van der Waals surface area contributed by atoms with Gasteiger partial charge in [0.05, 0.1) is 7.11 Å². The number of methoxy groups -OCH3 is 1. The number of aromatic nitrogens is 1. The van der Waals surface area contributed by atoms with Crippen molar-refractivity contribution in [1.82, 2.24) is 4.98 Å². The van der Waals surface area contributed by atoms with Crippen LogP contribution in [0.2, 0.25) is 0 Å². The van der Waals surface area contributed by atoms with Crippen molar-refractivity contribution in [3.05, 3.63) is 65.9 Å². The Balaban J connectivity index is 1.39. The van der Waals surface area contributed by atoms with Crippen molar-refractivity contribution in [1.29, 1.82) is 5.26 Å². The Labute approximate surface area is 173 Å². The van der Waals surface area contributed by atoms with Crippen LogP contribution in [-0.4, -0.2) is 38.3 Å². The lowest BCUT2D eigenvalue weighted by Gasteiger charge is -2.35. The topological polar surface area (TPSA) is 74.8 Å². The first-order valence-electron chi connectivity index (χ1n) is 9.58. The van der Waals surface area contributed by atoms with Crippen molar-refractivity contribution < 1.29 is 18.3 Å². The van der Waals surface area contributed by atoms with E-state index in [-0.39, 0.29) is 18.1 Å². The largest absolute Gasteiger partial charge is 0.497 e. The summed E-state index contributed by atoms with van der Waals surface area (Å²) in [5, 5.41) is 9.45. The molecule has 2 heterocycles. The van der Waals surface area contributed by atoms with Crippen molar-refractivity contribution >= 4 is 11.6 Å². The summed E-state index contributed by atoms with van der Waals surface area (Å²) in [4.78, 5) is 8.53. The maximum absolute atomic E-state index is 13.0. The number of oxazole rings is 1. The minimum absolute atomic E-state index is 0.0616. The third-order valence-corrected chi connectivity index (χ3v) is 4.94. The van der Waals surface area contributed by atoms with E-state index in [0.29, 0.717) is 30.6 Å². The summed E-state index contributed by atoms with van der Waals surface area (Å²) in [6.45, 7) is 3.05. The molecule has 0 amide bonds. The fourth-order valence-electron chi connectivity index (χ4n) is 3.34. The minimum atomic E-state index is -0.332. The van der Waals surface area contributed by atoms with Crippen LogP contribution >= 0.6 is 0 Å². The van der Waals surface area contributed by atoms with E-state index in [4.69, 9.17) is 13.9 Å². The van der Waals surface area contributed by atoms with Crippen LogP contribution in [0.25, 0.3) is 0 Å². The van der Waals surface area contributed by atoms with Gasteiger partial charge in [0, 0.05) is 31.9 Å². The lowest BCUT2D eigenvalue weighted by atomic mass is 10.2. The quantitative estimate of drug-likeness (QED) is 0.617. The van der Waals surface area contributed by atoms with Gasteiger partial charge in [-0.15, -0.1) is 0 Å². The van der Waals surface area contributed by atoms with Crippen LogP contribution in [0.15, 0.2) is 52.9 Å². The molecule has 0 spiro atoms. The van der Waals surface area contributed by atoms with Gasteiger partial charge in [-0.2, -0.15) is 10.2 Å². The molecule has 1 aliphatic heterocycles. The van der Waals surface area contributed by atoms with Gasteiger partial charge >= 0.3 is 0 Å². The Kier molecular flexibility index (Phi) is 5.70. The molecule has 1 aliphatic rings. The van der Waals surface area contributed by atoms with Gasteiger partial charge in [0.15, 0.2) is 6.61 Å². The number of hydrogen-bond donors (Lipinski definition) is 0. The molecule has 0 saturated carbocycles. The lowest BCUT2D eigenvalue weighted by molar-refractivity contribution is 0.263. The van der Waals surface area contributed by atoms with E-state index in [9.17, 15) is 9.65 Å². The van der Waals surface area contributed by atoms with Gasteiger partial charge in [0.1, 0.15) is 23.4 Å². The highest BCUT2D eigenvalue weighted by Crippen LogP contribution is 2.26. The number of halogens is 1. The molecular weight excluding hydrogens is 387 g/mol. The van der Waals surface area contributed by atoms with Crippen molar-refractivity contribution in [3.63, 3.8) is 0 Å². The maximum Gasteiger partial charge on any atom is 0.236 e. The molecule has 0 radical (unpaired) electrons. The first kappa shape index (κ1) is 19.6. The second-order valence-corrected chi connectivity index (χ2v) is 6.79. The first-order valence-corrected chi connectivity index (χ1v) is 9.58. The molecule has 1 saturated heterocycles. The van der Waals surface area contributed by atoms with Crippen LogP contribution in [0.4, 0.5) is 16.0 Å². The van der Waals surface area contributed by atoms with E-state index >= 15 is 0 Å². The fraction of sp³-hybridized carbons (Fsp3) is 0.273. The number of nitrogens with zero attached hydrogens (tertiary/aromatic N) is 4. The highest BCUT2D eigenvalue weighted by Gasteiger charge is 2.24. The molecular formula is C22H21FN4O3. The molecule has 2 aromatic carbocycles. The number of anilines is 2. The van der Waals surface area contributed by atoms with Gasteiger partial charge in [-0.05, 0) is 48.5 Å². The van der Waals surface area contributed by atoms with E-state index in [1.54, 1.807) is 7.11 Å². The predicted octanol–water partition coefficient (Wildman–Crippen LogP) is 3.60. The molecule has 0 N–H and O–H groups in total. The molecule has 4 rings (SSSR count). The van der Waals surface area contributed by atoms with E-state index in [1.165, 1.54) is 24.3 Å². The molecule has 0 aliphatic carbocycles. The average molecular weight is 408 g/mol. The minimum Gasteiger partial charge on any atom is -0.497 e. The number of benzene rings is 2. The molecule has 8 heteroatoms. The molecule has 0 atom stereocenters. The van der Waals surface area contributed by atoms with E-state index in [0.717, 1.165) is 24.5 Å². The maximum atomic E-state index is 13.0. The Morgan fingerprint density at radius 1 is 1.00 bits per heavy atom. The third-order valence-electron chi connectivity index (χ3n) is 4.94. The first-order chi connectivity index (χ1) is 14.7. The Morgan fingerprint density at radius 3 is 2.27 bits per heavy atom. The highest BCUT2D eigenvalue weighted by atomic mass is 19.1. The summed E-state index contributed by atoms with van der Waals surface area (Å²) < 4.78 is 29.6. The van der Waals surface area contributed by atoms with E-state index in [2.05, 4.69) is 16.0 Å². The van der Waals surface area contributed by atoms with Gasteiger partial charge < -0.3 is 23.7 Å². The summed E-state index contributed by atoms with van der Waals surface area (Å²) in [5.74, 6) is 1.77. The number of rotatable bonds is 6. The predicted molar refractivity (Wildman–Crippen MR) is 109 cm³/mol. The Morgan fingerprint density at radius 2 is 1.63 bits per heavy atom. The van der Waals surface area contributed by atoms with Crippen LogP contribution in [0.5, 0.6) is 11.5 Å². The van der Waals surface area contributed by atoms with Crippen LogP contribution in [0.3, 0.4) is 0 Å². The highest BCUT2D eigenvalue weighted by molar-refractivity contribution is 5.53. The summed E-state index contributed by atoms with van der Waals surface area (Å²) in [5.41, 5.74) is 1.37. The van der Waals surface area contributed by atoms with E-state index in [1.807, 2.05) is 29.2 Å². The van der Waals surface area contributed by atoms with Gasteiger partial charge in [0.25, 0.3) is 0 Å². The SMILES string of the molecule is COc1ccc(N2CCN(c3oc(COc4ccc(F)cc4)nc3C#N)CC2)cc1. The average Bonchev–Trinajstić information content (AvgIpc) is 3.22.